The number of hydrogen-bond acceptors (Lipinski definition) is 1. The van der Waals surface area contributed by atoms with Crippen molar-refractivity contribution in [3.8, 4) is 0 Å². The molecular formula is C11H10ClF6N. The fraction of sp³-hybridized carbons (Fsp3) is 0.455. The van der Waals surface area contributed by atoms with Gasteiger partial charge in [0.15, 0.2) is 0 Å². The van der Waals surface area contributed by atoms with E-state index < -0.39 is 36.8 Å². The second-order valence-electron chi connectivity index (χ2n) is 3.99. The Morgan fingerprint density at radius 3 is 2.16 bits per heavy atom. The van der Waals surface area contributed by atoms with Crippen molar-refractivity contribution in [1.82, 2.24) is 0 Å². The fourth-order valence-corrected chi connectivity index (χ4v) is 1.74. The molecular weight excluding hydrogens is 296 g/mol. The Morgan fingerprint density at radius 1 is 1.11 bits per heavy atom. The topological polar surface area (TPSA) is 26.0 Å². The van der Waals surface area contributed by atoms with Gasteiger partial charge in [-0.25, -0.2) is 0 Å². The summed E-state index contributed by atoms with van der Waals surface area (Å²) in [5.74, 6) is 0. The third-order valence-corrected chi connectivity index (χ3v) is 2.81. The predicted molar refractivity (Wildman–Crippen MR) is 58.7 cm³/mol. The molecule has 0 unspecified atom stereocenters. The van der Waals surface area contributed by atoms with Crippen LogP contribution >= 0.6 is 11.6 Å². The molecule has 0 aliphatic rings. The van der Waals surface area contributed by atoms with Crippen LogP contribution in [0.1, 0.15) is 30.0 Å². The van der Waals surface area contributed by atoms with Gasteiger partial charge in [0.05, 0.1) is 5.56 Å². The Hall–Kier alpha value is -0.950. The van der Waals surface area contributed by atoms with Crippen LogP contribution in [-0.2, 0) is 6.18 Å². The molecule has 2 N–H and O–H groups in total. The largest absolute Gasteiger partial charge is 0.416 e. The maximum atomic E-state index is 12.5. The second kappa shape index (κ2) is 5.58. The molecule has 0 heterocycles. The molecule has 1 atom stereocenters. The van der Waals surface area contributed by atoms with E-state index in [9.17, 15) is 26.3 Å². The lowest BCUT2D eigenvalue weighted by molar-refractivity contribution is -0.138. The summed E-state index contributed by atoms with van der Waals surface area (Å²) < 4.78 is 73.5. The van der Waals surface area contributed by atoms with Crippen LogP contribution in [0.25, 0.3) is 0 Å². The summed E-state index contributed by atoms with van der Waals surface area (Å²) in [4.78, 5) is 0. The van der Waals surface area contributed by atoms with E-state index in [1.807, 2.05) is 0 Å². The number of nitrogens with two attached hydrogens (primary N) is 1. The smallest absolute Gasteiger partial charge is 0.324 e. The van der Waals surface area contributed by atoms with Crippen LogP contribution in [0.15, 0.2) is 18.2 Å². The zero-order chi connectivity index (χ0) is 14.8. The highest BCUT2D eigenvalue weighted by atomic mass is 35.5. The van der Waals surface area contributed by atoms with E-state index in [4.69, 9.17) is 17.3 Å². The minimum atomic E-state index is -4.59. The highest BCUT2D eigenvalue weighted by Crippen LogP contribution is 2.35. The lowest BCUT2D eigenvalue weighted by atomic mass is 10.00. The van der Waals surface area contributed by atoms with Crippen LogP contribution in [0.4, 0.5) is 26.3 Å². The van der Waals surface area contributed by atoms with Gasteiger partial charge in [-0.3, -0.25) is 0 Å². The van der Waals surface area contributed by atoms with Crippen molar-refractivity contribution >= 4 is 11.6 Å². The van der Waals surface area contributed by atoms with Gasteiger partial charge in [-0.2, -0.15) is 26.3 Å². The highest BCUT2D eigenvalue weighted by Gasteiger charge is 2.32. The zero-order valence-electron chi connectivity index (χ0n) is 9.45. The van der Waals surface area contributed by atoms with E-state index in [-0.39, 0.29) is 10.6 Å². The van der Waals surface area contributed by atoms with Crippen LogP contribution in [0.2, 0.25) is 5.02 Å². The summed E-state index contributed by atoms with van der Waals surface area (Å²) in [6, 6.07) is 1.22. The Kier molecular flexibility index (Phi) is 4.73. The molecule has 19 heavy (non-hydrogen) atoms. The van der Waals surface area contributed by atoms with Crippen molar-refractivity contribution in [3.05, 3.63) is 34.3 Å². The standard InChI is InChI=1S/C11H10ClF6N/c12-8-2-1-6(11(16,17)18)5-7(8)9(19)3-4-10(13,14)15/h1-2,5,9H,3-4,19H2/t9-/m1/s1. The molecule has 0 saturated carbocycles. The van der Waals surface area contributed by atoms with Gasteiger partial charge in [-0.1, -0.05) is 11.6 Å². The van der Waals surface area contributed by atoms with Gasteiger partial charge in [0.25, 0.3) is 0 Å². The highest BCUT2D eigenvalue weighted by molar-refractivity contribution is 6.31. The molecule has 0 radical (unpaired) electrons. The van der Waals surface area contributed by atoms with E-state index >= 15 is 0 Å². The van der Waals surface area contributed by atoms with Crippen LogP contribution in [0.3, 0.4) is 0 Å². The molecule has 8 heteroatoms. The summed E-state index contributed by atoms with van der Waals surface area (Å²) in [6.07, 6.45) is -10.7. The minimum Gasteiger partial charge on any atom is -0.324 e. The molecule has 1 rings (SSSR count). The fourth-order valence-electron chi connectivity index (χ4n) is 1.48. The van der Waals surface area contributed by atoms with Crippen molar-refractivity contribution in [1.29, 1.82) is 0 Å². The zero-order valence-corrected chi connectivity index (χ0v) is 10.2. The second-order valence-corrected chi connectivity index (χ2v) is 4.40. The Bertz CT molecular complexity index is 440. The summed E-state index contributed by atoms with van der Waals surface area (Å²) >= 11 is 5.66. The van der Waals surface area contributed by atoms with Gasteiger partial charge in [0.1, 0.15) is 0 Å². The van der Waals surface area contributed by atoms with Gasteiger partial charge in [-0.15, -0.1) is 0 Å². The summed E-state index contributed by atoms with van der Waals surface area (Å²) in [5, 5.41) is -0.0809. The molecule has 1 aromatic rings. The van der Waals surface area contributed by atoms with Crippen molar-refractivity contribution < 1.29 is 26.3 Å². The van der Waals surface area contributed by atoms with Crippen molar-refractivity contribution in [2.45, 2.75) is 31.2 Å². The lowest BCUT2D eigenvalue weighted by Crippen LogP contribution is -2.17. The molecule has 0 fully saturated rings. The van der Waals surface area contributed by atoms with Crippen molar-refractivity contribution in [2.75, 3.05) is 0 Å². The molecule has 0 aliphatic carbocycles. The molecule has 1 aromatic carbocycles. The van der Waals surface area contributed by atoms with Gasteiger partial charge in [0, 0.05) is 17.5 Å². The van der Waals surface area contributed by atoms with Crippen molar-refractivity contribution in [3.63, 3.8) is 0 Å². The number of benzene rings is 1. The maximum absolute atomic E-state index is 12.5. The third kappa shape index (κ3) is 4.91. The number of halogens is 7. The van der Waals surface area contributed by atoms with Crippen LogP contribution in [0.5, 0.6) is 0 Å². The Morgan fingerprint density at radius 2 is 1.68 bits per heavy atom. The first-order chi connectivity index (χ1) is 8.50. The van der Waals surface area contributed by atoms with Gasteiger partial charge in [-0.05, 0) is 30.2 Å². The Balaban J connectivity index is 2.93. The van der Waals surface area contributed by atoms with Crippen LogP contribution < -0.4 is 5.73 Å². The first kappa shape index (κ1) is 16.1. The first-order valence-electron chi connectivity index (χ1n) is 5.19. The molecule has 0 amide bonds. The summed E-state index contributed by atoms with van der Waals surface area (Å²) in [6.45, 7) is 0. The van der Waals surface area contributed by atoms with E-state index in [0.717, 1.165) is 12.1 Å². The summed E-state index contributed by atoms with van der Waals surface area (Å²) in [5.41, 5.74) is 4.33. The van der Waals surface area contributed by atoms with Crippen LogP contribution in [0, 0.1) is 0 Å². The molecule has 108 valence electrons. The number of rotatable bonds is 3. The first-order valence-corrected chi connectivity index (χ1v) is 5.57. The van der Waals surface area contributed by atoms with E-state index in [1.165, 1.54) is 0 Å². The molecule has 0 spiro atoms. The molecule has 1 nitrogen and oxygen atoms in total. The quantitative estimate of drug-likeness (QED) is 0.805. The third-order valence-electron chi connectivity index (χ3n) is 2.46. The van der Waals surface area contributed by atoms with Crippen LogP contribution in [-0.4, -0.2) is 6.18 Å². The Labute approximate surface area is 110 Å². The van der Waals surface area contributed by atoms with E-state index in [2.05, 4.69) is 0 Å². The molecule has 0 saturated heterocycles. The average Bonchev–Trinajstić information content (AvgIpc) is 2.24. The van der Waals surface area contributed by atoms with Gasteiger partial charge < -0.3 is 5.73 Å². The average molecular weight is 306 g/mol. The van der Waals surface area contributed by atoms with Crippen molar-refractivity contribution in [2.24, 2.45) is 5.73 Å². The van der Waals surface area contributed by atoms with E-state index in [1.54, 1.807) is 0 Å². The maximum Gasteiger partial charge on any atom is 0.416 e. The molecule has 0 aromatic heterocycles. The molecule has 0 aliphatic heterocycles. The van der Waals surface area contributed by atoms with E-state index in [0.29, 0.717) is 6.07 Å². The SMILES string of the molecule is N[C@H](CCC(F)(F)F)c1cc(C(F)(F)F)ccc1Cl. The van der Waals surface area contributed by atoms with Gasteiger partial charge in [0.2, 0.25) is 0 Å². The number of hydrogen-bond donors (Lipinski definition) is 1. The normalized spacial score (nSPS) is 14.5. The molecule has 0 bridgehead atoms. The number of alkyl halides is 6. The minimum absolute atomic E-state index is 0.0809. The van der Waals surface area contributed by atoms with Gasteiger partial charge >= 0.3 is 12.4 Å². The monoisotopic (exact) mass is 305 g/mol. The predicted octanol–water partition coefficient (Wildman–Crippen LogP) is 4.70. The lowest BCUT2D eigenvalue weighted by Gasteiger charge is -2.17. The summed E-state index contributed by atoms with van der Waals surface area (Å²) in [7, 11) is 0.